The minimum atomic E-state index is -3.88. The molecule has 3 N–H and O–H groups in total. The van der Waals surface area contributed by atoms with Gasteiger partial charge in [0, 0.05) is 29.8 Å². The van der Waals surface area contributed by atoms with Crippen molar-refractivity contribution in [2.24, 2.45) is 17.3 Å². The van der Waals surface area contributed by atoms with E-state index in [9.17, 15) is 27.6 Å². The van der Waals surface area contributed by atoms with Crippen molar-refractivity contribution in [2.45, 2.75) is 102 Å². The van der Waals surface area contributed by atoms with Crippen molar-refractivity contribution < 1.29 is 37.1 Å². The monoisotopic (exact) mass is 711 g/mol. The molecule has 2 saturated carbocycles. The SMILES string of the molecule is C=C[C@@H]1C[C@]1(NC(=O)[C@@H]1CC(Oc2nccc3cc(OC)ccc23)CN1C(=O)[C@@H](NC(=O)C(CC)CC)C(C)(C)C)C(=O)NS(=O)(=O)C1CC1. The lowest BCUT2D eigenvalue weighted by Gasteiger charge is -2.36. The van der Waals surface area contributed by atoms with Gasteiger partial charge in [-0.1, -0.05) is 40.7 Å². The molecule has 4 amide bonds. The zero-order chi connectivity index (χ0) is 36.6. The second-order valence-electron chi connectivity index (χ2n) is 14.7. The second-order valence-corrected chi connectivity index (χ2v) is 16.6. The number of carbonyl (C=O) groups is 4. The molecule has 5 atom stereocenters. The summed E-state index contributed by atoms with van der Waals surface area (Å²) in [6, 6.07) is 5.20. The first-order valence-corrected chi connectivity index (χ1v) is 18.8. The lowest BCUT2D eigenvalue weighted by molar-refractivity contribution is -0.145. The number of sulfonamides is 1. The van der Waals surface area contributed by atoms with Gasteiger partial charge < -0.3 is 25.0 Å². The van der Waals surface area contributed by atoms with Crippen molar-refractivity contribution in [3.63, 3.8) is 0 Å². The highest BCUT2D eigenvalue weighted by Gasteiger charge is 2.62. The molecular weight excluding hydrogens is 662 g/mol. The normalized spacial score (nSPS) is 24.0. The first-order chi connectivity index (χ1) is 23.6. The molecule has 2 heterocycles. The van der Waals surface area contributed by atoms with Gasteiger partial charge in [0.05, 0.1) is 18.9 Å². The Labute approximate surface area is 294 Å². The van der Waals surface area contributed by atoms with E-state index in [0.717, 1.165) is 5.39 Å². The third-order valence-electron chi connectivity index (χ3n) is 10.1. The first-order valence-electron chi connectivity index (χ1n) is 17.3. The van der Waals surface area contributed by atoms with Crippen molar-refractivity contribution in [2.75, 3.05) is 13.7 Å². The van der Waals surface area contributed by atoms with Crippen LogP contribution in [0.15, 0.2) is 43.1 Å². The Bertz CT molecular complexity index is 1770. The molecular formula is C36H49N5O8S. The first kappa shape index (κ1) is 37.1. The minimum Gasteiger partial charge on any atom is -0.497 e. The maximum atomic E-state index is 14.5. The fourth-order valence-corrected chi connectivity index (χ4v) is 8.00. The van der Waals surface area contributed by atoms with E-state index < -0.39 is 68.1 Å². The van der Waals surface area contributed by atoms with E-state index in [-0.39, 0.29) is 31.2 Å². The van der Waals surface area contributed by atoms with Crippen LogP contribution in [0.4, 0.5) is 0 Å². The maximum Gasteiger partial charge on any atom is 0.259 e. The molecule has 2 aromatic rings. The van der Waals surface area contributed by atoms with Gasteiger partial charge in [-0.05, 0) is 67.2 Å². The number of nitrogens with zero attached hydrogens (tertiary/aromatic N) is 2. The molecule has 5 rings (SSSR count). The van der Waals surface area contributed by atoms with Crippen LogP contribution >= 0.6 is 0 Å². The summed E-state index contributed by atoms with van der Waals surface area (Å²) in [5, 5.41) is 6.67. The van der Waals surface area contributed by atoms with Gasteiger partial charge in [0.1, 0.15) is 29.5 Å². The molecule has 0 spiro atoms. The van der Waals surface area contributed by atoms with E-state index in [2.05, 4.69) is 26.9 Å². The third kappa shape index (κ3) is 7.59. The van der Waals surface area contributed by atoms with Crippen LogP contribution in [0.3, 0.4) is 0 Å². The van der Waals surface area contributed by atoms with E-state index in [1.54, 1.807) is 19.4 Å². The molecule has 3 aliphatic rings. The summed E-state index contributed by atoms with van der Waals surface area (Å²) in [7, 11) is -2.31. The van der Waals surface area contributed by atoms with Crippen LogP contribution in [0.5, 0.6) is 11.6 Å². The summed E-state index contributed by atoms with van der Waals surface area (Å²) >= 11 is 0. The number of likely N-dealkylation sites (tertiary alicyclic amines) is 1. The predicted molar refractivity (Wildman–Crippen MR) is 188 cm³/mol. The second kappa shape index (κ2) is 14.2. The number of aromatic nitrogens is 1. The summed E-state index contributed by atoms with van der Waals surface area (Å²) < 4.78 is 39.2. The predicted octanol–water partition coefficient (Wildman–Crippen LogP) is 3.23. The van der Waals surface area contributed by atoms with E-state index in [0.29, 0.717) is 42.7 Å². The van der Waals surface area contributed by atoms with Crippen LogP contribution in [-0.2, 0) is 29.2 Å². The van der Waals surface area contributed by atoms with E-state index in [4.69, 9.17) is 9.47 Å². The number of hydrogen-bond donors (Lipinski definition) is 3. The van der Waals surface area contributed by atoms with E-state index >= 15 is 0 Å². The Morgan fingerprint density at radius 1 is 1.14 bits per heavy atom. The summed E-state index contributed by atoms with van der Waals surface area (Å²) in [5.74, 6) is -1.99. The molecule has 14 heteroatoms. The van der Waals surface area contributed by atoms with Gasteiger partial charge in [0.15, 0.2) is 0 Å². The van der Waals surface area contributed by atoms with Gasteiger partial charge >= 0.3 is 0 Å². The lowest BCUT2D eigenvalue weighted by Crippen LogP contribution is -2.60. The maximum absolute atomic E-state index is 14.5. The molecule has 13 nitrogen and oxygen atoms in total. The molecule has 0 radical (unpaired) electrons. The highest BCUT2D eigenvalue weighted by molar-refractivity contribution is 7.91. The Morgan fingerprint density at radius 3 is 2.42 bits per heavy atom. The highest BCUT2D eigenvalue weighted by Crippen LogP contribution is 2.45. The number of carbonyl (C=O) groups excluding carboxylic acids is 4. The summed E-state index contributed by atoms with van der Waals surface area (Å²) in [5.41, 5.74) is -2.25. The smallest absolute Gasteiger partial charge is 0.259 e. The van der Waals surface area contributed by atoms with Gasteiger partial charge in [-0.2, -0.15) is 0 Å². The number of methoxy groups -OCH3 is 1. The zero-order valence-electron chi connectivity index (χ0n) is 29.7. The van der Waals surface area contributed by atoms with Crippen molar-refractivity contribution in [1.82, 2.24) is 25.2 Å². The number of amides is 4. The molecule has 2 aliphatic carbocycles. The molecule has 272 valence electrons. The van der Waals surface area contributed by atoms with Gasteiger partial charge in [0.25, 0.3) is 5.91 Å². The molecule has 3 fully saturated rings. The molecule has 1 aliphatic heterocycles. The fraction of sp³-hybridized carbons (Fsp3) is 0.583. The molecule has 1 aromatic heterocycles. The lowest BCUT2D eigenvalue weighted by atomic mass is 9.85. The van der Waals surface area contributed by atoms with Crippen LogP contribution in [-0.4, -0.2) is 84.6 Å². The number of nitrogens with one attached hydrogen (secondary N) is 3. The average molecular weight is 712 g/mol. The number of rotatable bonds is 14. The zero-order valence-corrected chi connectivity index (χ0v) is 30.5. The van der Waals surface area contributed by atoms with Gasteiger partial charge in [-0.25, -0.2) is 13.4 Å². The molecule has 1 aromatic carbocycles. The van der Waals surface area contributed by atoms with Crippen LogP contribution in [0.25, 0.3) is 10.8 Å². The Kier molecular flexibility index (Phi) is 10.5. The average Bonchev–Trinajstić information content (AvgIpc) is 4.00. The summed E-state index contributed by atoms with van der Waals surface area (Å²) in [4.78, 5) is 61.3. The van der Waals surface area contributed by atoms with Gasteiger partial charge in [0.2, 0.25) is 33.6 Å². The van der Waals surface area contributed by atoms with Gasteiger partial charge in [-0.3, -0.25) is 23.9 Å². The topological polar surface area (TPSA) is 173 Å². The summed E-state index contributed by atoms with van der Waals surface area (Å²) in [6.07, 6.45) is 4.79. The Morgan fingerprint density at radius 2 is 1.84 bits per heavy atom. The fourth-order valence-electron chi connectivity index (χ4n) is 6.64. The third-order valence-corrected chi connectivity index (χ3v) is 11.9. The molecule has 1 unspecified atom stereocenters. The number of hydrogen-bond acceptors (Lipinski definition) is 9. The van der Waals surface area contributed by atoms with Gasteiger partial charge in [-0.15, -0.1) is 6.58 Å². The largest absolute Gasteiger partial charge is 0.497 e. The van der Waals surface area contributed by atoms with E-state index in [1.165, 1.54) is 11.0 Å². The molecule has 0 bridgehead atoms. The van der Waals surface area contributed by atoms with E-state index in [1.807, 2.05) is 52.8 Å². The summed E-state index contributed by atoms with van der Waals surface area (Å²) in [6.45, 7) is 13.1. The van der Waals surface area contributed by atoms with Crippen molar-refractivity contribution in [3.8, 4) is 11.6 Å². The van der Waals surface area contributed by atoms with Crippen molar-refractivity contribution in [3.05, 3.63) is 43.1 Å². The number of ether oxygens (including phenoxy) is 2. The van der Waals surface area contributed by atoms with Crippen LogP contribution in [0, 0.1) is 17.3 Å². The van der Waals surface area contributed by atoms with Crippen molar-refractivity contribution >= 4 is 44.4 Å². The number of fused-ring (bicyclic) bond motifs is 1. The Balaban J connectivity index is 1.45. The van der Waals surface area contributed by atoms with Crippen LogP contribution < -0.4 is 24.8 Å². The minimum absolute atomic E-state index is 0.00127. The number of pyridine rings is 1. The molecule has 1 saturated heterocycles. The standard InChI is InChI=1S/C36H49N5O8S/c1-8-21(9-2)30(42)38-29(35(4,5)6)33(44)41-20-25(49-32-27-14-11-24(48-7)17-22(27)15-16-37-32)18-28(41)31(43)39-36(19-23(36)10-3)34(45)40-50(46,47)26-12-13-26/h10-11,14-17,21,23,25-26,28-29H,3,8-9,12-13,18-20H2,1-2,4-7H3,(H,38,42)(H,39,43)(H,40,45)/t23-,25?,28+,29-,36-/m1/s1. The van der Waals surface area contributed by atoms with Crippen LogP contribution in [0.2, 0.25) is 0 Å². The number of benzene rings is 1. The highest BCUT2D eigenvalue weighted by atomic mass is 32.2. The van der Waals surface area contributed by atoms with Crippen LogP contribution in [0.1, 0.15) is 73.1 Å². The Hall–Kier alpha value is -4.20. The quantitative estimate of drug-likeness (QED) is 0.249. The molecule has 50 heavy (non-hydrogen) atoms. The van der Waals surface area contributed by atoms with Crippen molar-refractivity contribution in [1.29, 1.82) is 0 Å².